The fourth-order valence-electron chi connectivity index (χ4n) is 0.634. The van der Waals surface area contributed by atoms with Crippen LogP contribution in [-0.2, 0) is 0 Å². The van der Waals surface area contributed by atoms with E-state index >= 15 is 0 Å². The summed E-state index contributed by atoms with van der Waals surface area (Å²) in [6, 6.07) is 0. The molecule has 1 nitrogen and oxygen atoms in total. The normalized spacial score (nSPS) is 13.9. The van der Waals surface area contributed by atoms with Gasteiger partial charge in [-0.3, -0.25) is 0 Å². The van der Waals surface area contributed by atoms with Crippen LogP contribution in [0, 0.1) is 0 Å². The molecule has 0 rings (SSSR count). The molecule has 0 bridgehead atoms. The van der Waals surface area contributed by atoms with Crippen LogP contribution < -0.4 is 5.32 Å². The van der Waals surface area contributed by atoms with E-state index < -0.39 is 6.43 Å². The van der Waals surface area contributed by atoms with Crippen molar-refractivity contribution >= 4 is 11.8 Å². The Morgan fingerprint density at radius 1 is 1.45 bits per heavy atom. The molecule has 0 heterocycles. The van der Waals surface area contributed by atoms with Gasteiger partial charge in [0.05, 0.1) is 6.54 Å². The zero-order valence-electron chi connectivity index (χ0n) is 6.94. The van der Waals surface area contributed by atoms with Crippen LogP contribution in [-0.4, -0.2) is 31.0 Å². The number of hydrogen-bond donors (Lipinski definition) is 1. The summed E-state index contributed by atoms with van der Waals surface area (Å²) in [6.45, 7) is 2.60. The van der Waals surface area contributed by atoms with Crippen LogP contribution in [0.15, 0.2) is 0 Å². The molecule has 0 spiro atoms. The number of nitrogens with one attached hydrogen (secondary N) is 1. The van der Waals surface area contributed by atoms with Gasteiger partial charge in [-0.1, -0.05) is 6.92 Å². The van der Waals surface area contributed by atoms with Crippen molar-refractivity contribution in [2.75, 3.05) is 19.3 Å². The van der Waals surface area contributed by atoms with Crippen molar-refractivity contribution in [3.05, 3.63) is 0 Å². The maximum Gasteiger partial charge on any atom is 0.250 e. The van der Waals surface area contributed by atoms with E-state index in [1.807, 2.05) is 6.26 Å². The van der Waals surface area contributed by atoms with Crippen molar-refractivity contribution < 1.29 is 8.78 Å². The lowest BCUT2D eigenvalue weighted by Gasteiger charge is -2.08. The second-order valence-electron chi connectivity index (χ2n) is 2.43. The van der Waals surface area contributed by atoms with Gasteiger partial charge in [0, 0.05) is 5.25 Å². The van der Waals surface area contributed by atoms with Crippen LogP contribution in [0.2, 0.25) is 0 Å². The maximum atomic E-state index is 11.6. The van der Waals surface area contributed by atoms with Gasteiger partial charge in [-0.05, 0) is 19.2 Å². The van der Waals surface area contributed by atoms with Crippen molar-refractivity contribution in [1.29, 1.82) is 0 Å². The SMILES string of the molecule is CSC(C)CCNCC(F)F. The molecule has 1 atom stereocenters. The van der Waals surface area contributed by atoms with Crippen LogP contribution in [0.1, 0.15) is 13.3 Å². The number of alkyl halides is 2. The van der Waals surface area contributed by atoms with Gasteiger partial charge >= 0.3 is 0 Å². The van der Waals surface area contributed by atoms with Crippen LogP contribution in [0.4, 0.5) is 8.78 Å². The summed E-state index contributed by atoms with van der Waals surface area (Å²) in [7, 11) is 0. The summed E-state index contributed by atoms with van der Waals surface area (Å²) in [4.78, 5) is 0. The highest BCUT2D eigenvalue weighted by Crippen LogP contribution is 2.07. The van der Waals surface area contributed by atoms with Crippen molar-refractivity contribution in [1.82, 2.24) is 5.32 Å². The molecule has 1 unspecified atom stereocenters. The molecular formula is C7H15F2NS. The molecule has 0 saturated heterocycles. The Labute approximate surface area is 70.9 Å². The quantitative estimate of drug-likeness (QED) is 0.632. The smallest absolute Gasteiger partial charge is 0.250 e. The number of halogens is 2. The van der Waals surface area contributed by atoms with E-state index in [1.54, 1.807) is 11.8 Å². The standard InChI is InChI=1S/C7H15F2NS/c1-6(11-2)3-4-10-5-7(8)9/h6-7,10H,3-5H2,1-2H3. The molecule has 0 aliphatic carbocycles. The van der Waals surface area contributed by atoms with Gasteiger partial charge in [0.25, 0.3) is 6.43 Å². The van der Waals surface area contributed by atoms with Gasteiger partial charge in [0.15, 0.2) is 0 Å². The second kappa shape index (κ2) is 6.85. The highest BCUT2D eigenvalue weighted by Gasteiger charge is 2.01. The third kappa shape index (κ3) is 8.07. The number of thioether (sulfide) groups is 1. The minimum absolute atomic E-state index is 0.179. The minimum atomic E-state index is -2.22. The first kappa shape index (κ1) is 11.2. The fourth-order valence-corrected chi connectivity index (χ4v) is 0.988. The summed E-state index contributed by atoms with van der Waals surface area (Å²) >= 11 is 1.76. The lowest BCUT2D eigenvalue weighted by Crippen LogP contribution is -2.23. The number of rotatable bonds is 6. The lowest BCUT2D eigenvalue weighted by molar-refractivity contribution is 0.146. The van der Waals surface area contributed by atoms with Crippen LogP contribution in [0.25, 0.3) is 0 Å². The molecule has 0 aliphatic heterocycles. The third-order valence-corrected chi connectivity index (χ3v) is 2.47. The Hall–Kier alpha value is 0.170. The van der Waals surface area contributed by atoms with Gasteiger partial charge in [-0.2, -0.15) is 11.8 Å². The molecule has 0 amide bonds. The Kier molecular flexibility index (Phi) is 6.96. The van der Waals surface area contributed by atoms with Crippen LogP contribution >= 0.6 is 11.8 Å². The topological polar surface area (TPSA) is 12.0 Å². The highest BCUT2D eigenvalue weighted by molar-refractivity contribution is 7.99. The minimum Gasteiger partial charge on any atom is -0.311 e. The molecule has 0 aromatic rings. The first-order valence-corrected chi connectivity index (χ1v) is 4.97. The second-order valence-corrected chi connectivity index (χ2v) is 3.71. The van der Waals surface area contributed by atoms with Crippen molar-refractivity contribution in [2.45, 2.75) is 25.0 Å². The van der Waals surface area contributed by atoms with Gasteiger partial charge < -0.3 is 5.32 Å². The Morgan fingerprint density at radius 3 is 2.55 bits per heavy atom. The first-order chi connectivity index (χ1) is 5.16. The molecule has 11 heavy (non-hydrogen) atoms. The highest BCUT2D eigenvalue weighted by atomic mass is 32.2. The zero-order chi connectivity index (χ0) is 8.69. The van der Waals surface area contributed by atoms with Gasteiger partial charge in [0.2, 0.25) is 0 Å². The molecule has 4 heteroatoms. The van der Waals surface area contributed by atoms with E-state index in [0.29, 0.717) is 11.8 Å². The molecule has 1 N–H and O–H groups in total. The molecule has 0 fully saturated rings. The predicted octanol–water partition coefficient (Wildman–Crippen LogP) is 1.98. The molecule has 0 aromatic carbocycles. The number of hydrogen-bond acceptors (Lipinski definition) is 2. The molecule has 0 saturated carbocycles. The van der Waals surface area contributed by atoms with Crippen molar-refractivity contribution in [3.63, 3.8) is 0 Å². The van der Waals surface area contributed by atoms with Crippen LogP contribution in [0.3, 0.4) is 0 Å². The van der Waals surface area contributed by atoms with Gasteiger partial charge in [0.1, 0.15) is 0 Å². The predicted molar refractivity (Wildman–Crippen MR) is 46.5 cm³/mol. The first-order valence-electron chi connectivity index (χ1n) is 3.68. The summed E-state index contributed by atoms with van der Waals surface area (Å²) in [5.74, 6) is 0. The summed E-state index contributed by atoms with van der Waals surface area (Å²) in [6.07, 6.45) is 0.755. The van der Waals surface area contributed by atoms with Crippen molar-refractivity contribution in [2.24, 2.45) is 0 Å². The monoisotopic (exact) mass is 183 g/mol. The molecule has 0 aliphatic rings. The Balaban J connectivity index is 3.01. The van der Waals surface area contributed by atoms with Crippen molar-refractivity contribution in [3.8, 4) is 0 Å². The lowest BCUT2D eigenvalue weighted by atomic mass is 10.3. The summed E-state index contributed by atoms with van der Waals surface area (Å²) in [5, 5.41) is 3.24. The average Bonchev–Trinajstić information content (AvgIpc) is 1.97. The summed E-state index contributed by atoms with van der Waals surface area (Å²) < 4.78 is 23.1. The molecule has 0 aromatic heterocycles. The fraction of sp³-hybridized carbons (Fsp3) is 1.00. The molecule has 68 valence electrons. The van der Waals surface area contributed by atoms with Gasteiger partial charge in [-0.15, -0.1) is 0 Å². The Bertz CT molecular complexity index is 90.5. The van der Waals surface area contributed by atoms with E-state index in [-0.39, 0.29) is 6.54 Å². The van der Waals surface area contributed by atoms with Gasteiger partial charge in [-0.25, -0.2) is 8.78 Å². The van der Waals surface area contributed by atoms with Crippen LogP contribution in [0.5, 0.6) is 0 Å². The molecule has 0 radical (unpaired) electrons. The molecular weight excluding hydrogens is 168 g/mol. The largest absolute Gasteiger partial charge is 0.311 e. The van der Waals surface area contributed by atoms with E-state index in [1.165, 1.54) is 0 Å². The Morgan fingerprint density at radius 2 is 2.09 bits per heavy atom. The maximum absolute atomic E-state index is 11.6. The van der Waals surface area contributed by atoms with E-state index in [0.717, 1.165) is 6.42 Å². The average molecular weight is 183 g/mol. The van der Waals surface area contributed by atoms with E-state index in [4.69, 9.17) is 0 Å². The summed E-state index contributed by atoms with van der Waals surface area (Å²) in [5.41, 5.74) is 0. The van der Waals surface area contributed by atoms with E-state index in [9.17, 15) is 8.78 Å². The van der Waals surface area contributed by atoms with E-state index in [2.05, 4.69) is 12.2 Å². The zero-order valence-corrected chi connectivity index (χ0v) is 7.76. The third-order valence-electron chi connectivity index (χ3n) is 1.43.